The van der Waals surface area contributed by atoms with E-state index in [1.54, 1.807) is 25.1 Å². The smallest absolute Gasteiger partial charge is 0.242 e. The molecule has 0 saturated carbocycles. The van der Waals surface area contributed by atoms with Crippen LogP contribution in [0.5, 0.6) is 0 Å². The average Bonchev–Trinajstić information content (AvgIpc) is 3.03. The topological polar surface area (TPSA) is 86.8 Å². The van der Waals surface area contributed by atoms with Gasteiger partial charge in [-0.2, -0.15) is 0 Å². The predicted molar refractivity (Wildman–Crippen MR) is 122 cm³/mol. The molecule has 9 heteroatoms. The lowest BCUT2D eigenvalue weighted by Gasteiger charge is -2.31. The minimum atomic E-state index is -0.739. The number of carbonyl (C=O) groups excluding carboxylic acids is 4. The zero-order chi connectivity index (χ0) is 23.4. The van der Waals surface area contributed by atoms with E-state index in [9.17, 15) is 19.2 Å². The van der Waals surface area contributed by atoms with Crippen LogP contribution in [0.3, 0.4) is 0 Å². The summed E-state index contributed by atoms with van der Waals surface area (Å²) in [4.78, 5) is 53.8. The molecule has 172 valence electrons. The van der Waals surface area contributed by atoms with E-state index >= 15 is 0 Å². The molecular weight excluding hydrogens is 453 g/mol. The Hall–Kier alpha value is -2.38. The third-order valence-electron chi connectivity index (χ3n) is 6.17. The van der Waals surface area contributed by atoms with Gasteiger partial charge in [0.2, 0.25) is 23.6 Å². The van der Waals surface area contributed by atoms with Gasteiger partial charge < -0.3 is 10.2 Å². The Kier molecular flexibility index (Phi) is 7.96. The quantitative estimate of drug-likeness (QED) is 0.458. The maximum Gasteiger partial charge on any atom is 0.242 e. The molecule has 32 heavy (non-hydrogen) atoms. The third kappa shape index (κ3) is 4.84. The molecule has 2 aliphatic rings. The van der Waals surface area contributed by atoms with Crippen molar-refractivity contribution in [2.75, 3.05) is 13.6 Å². The zero-order valence-corrected chi connectivity index (χ0v) is 19.7. The Balaban J connectivity index is 1.78. The number of amides is 4. The number of halogens is 2. The standard InChI is InChI=1S/C23H27Cl2N3O4/c1-3-19(21(30)26-2)28(13-16-17(24)9-6-10-18(16)25)20(29)11-12-27-22(31)14-7-4-5-8-15(14)23(27)32/h4-6,9-10,14-15,19H,3,7-8,11-13H2,1-2H3,(H,26,30)/t14-,15+,19-/m1/s1. The van der Waals surface area contributed by atoms with Gasteiger partial charge in [-0.1, -0.05) is 48.3 Å². The van der Waals surface area contributed by atoms with Gasteiger partial charge in [0.05, 0.1) is 11.8 Å². The predicted octanol–water partition coefficient (Wildman–Crippen LogP) is 3.19. The lowest BCUT2D eigenvalue weighted by molar-refractivity contribution is -0.144. The second-order valence-corrected chi connectivity index (χ2v) is 8.81. The van der Waals surface area contributed by atoms with Gasteiger partial charge in [0.1, 0.15) is 6.04 Å². The number of nitrogens with zero attached hydrogens (tertiary/aromatic N) is 2. The van der Waals surface area contributed by atoms with E-state index in [0.29, 0.717) is 34.9 Å². The van der Waals surface area contributed by atoms with Gasteiger partial charge in [-0.25, -0.2) is 0 Å². The van der Waals surface area contributed by atoms with Crippen molar-refractivity contribution < 1.29 is 19.2 Å². The Labute approximate surface area is 197 Å². The van der Waals surface area contributed by atoms with Gasteiger partial charge in [-0.05, 0) is 31.4 Å². The molecule has 3 atom stereocenters. The molecule has 1 aliphatic heterocycles. The molecule has 1 aromatic carbocycles. The number of imide groups is 1. The highest BCUT2D eigenvalue weighted by atomic mass is 35.5. The first-order valence-corrected chi connectivity index (χ1v) is 11.5. The number of fused-ring (bicyclic) bond motifs is 1. The molecule has 1 heterocycles. The van der Waals surface area contributed by atoms with Crippen molar-refractivity contribution >= 4 is 46.8 Å². The summed E-state index contributed by atoms with van der Waals surface area (Å²) in [5.74, 6) is -1.79. The van der Waals surface area contributed by atoms with Crippen LogP contribution in [0.15, 0.2) is 30.4 Å². The van der Waals surface area contributed by atoms with E-state index in [1.165, 1.54) is 16.8 Å². The number of likely N-dealkylation sites (N-methyl/N-ethyl adjacent to an activating group) is 1. The summed E-state index contributed by atoms with van der Waals surface area (Å²) in [5, 5.41) is 3.37. The second-order valence-electron chi connectivity index (χ2n) is 7.99. The Morgan fingerprint density at radius 1 is 1.12 bits per heavy atom. The van der Waals surface area contributed by atoms with E-state index in [4.69, 9.17) is 23.2 Å². The first-order valence-electron chi connectivity index (χ1n) is 10.7. The van der Waals surface area contributed by atoms with Crippen LogP contribution in [0.2, 0.25) is 10.0 Å². The maximum absolute atomic E-state index is 13.3. The maximum atomic E-state index is 13.3. The molecule has 7 nitrogen and oxygen atoms in total. The number of rotatable bonds is 8. The Morgan fingerprint density at radius 3 is 2.19 bits per heavy atom. The first-order chi connectivity index (χ1) is 15.3. The zero-order valence-electron chi connectivity index (χ0n) is 18.1. The van der Waals surface area contributed by atoms with Gasteiger partial charge in [-0.15, -0.1) is 0 Å². The number of hydrogen-bond donors (Lipinski definition) is 1. The summed E-state index contributed by atoms with van der Waals surface area (Å²) in [6, 6.07) is 4.30. The number of nitrogens with one attached hydrogen (secondary N) is 1. The van der Waals surface area contributed by atoms with Gasteiger partial charge in [0.25, 0.3) is 0 Å². The molecule has 0 spiro atoms. The number of benzene rings is 1. The molecule has 3 rings (SSSR count). The molecule has 1 fully saturated rings. The molecule has 0 aromatic heterocycles. The Bertz CT molecular complexity index is 903. The SMILES string of the molecule is CC[C@H](C(=O)NC)N(Cc1c(Cl)cccc1Cl)C(=O)CCN1C(=O)[C@H]2CC=CC[C@H]2C1=O. The van der Waals surface area contributed by atoms with Gasteiger partial charge in [0.15, 0.2) is 0 Å². The van der Waals surface area contributed by atoms with Crippen LogP contribution < -0.4 is 5.32 Å². The number of carbonyl (C=O) groups is 4. The van der Waals surface area contributed by atoms with Crippen molar-refractivity contribution in [3.05, 3.63) is 46.0 Å². The summed E-state index contributed by atoms with van der Waals surface area (Å²) in [7, 11) is 1.51. The summed E-state index contributed by atoms with van der Waals surface area (Å²) in [6.45, 7) is 1.83. The van der Waals surface area contributed by atoms with Crippen molar-refractivity contribution in [1.82, 2.24) is 15.1 Å². The van der Waals surface area contributed by atoms with Crippen molar-refractivity contribution in [3.63, 3.8) is 0 Å². The highest BCUT2D eigenvalue weighted by Gasteiger charge is 2.47. The van der Waals surface area contributed by atoms with Crippen LogP contribution in [-0.2, 0) is 25.7 Å². The average molecular weight is 480 g/mol. The molecule has 0 unspecified atom stereocenters. The van der Waals surface area contributed by atoms with Crippen molar-refractivity contribution in [2.24, 2.45) is 11.8 Å². The van der Waals surface area contributed by atoms with Crippen LogP contribution in [0.25, 0.3) is 0 Å². The molecule has 0 radical (unpaired) electrons. The van der Waals surface area contributed by atoms with Crippen molar-refractivity contribution in [2.45, 2.75) is 45.2 Å². The lowest BCUT2D eigenvalue weighted by Crippen LogP contribution is -2.49. The van der Waals surface area contributed by atoms with E-state index in [0.717, 1.165) is 0 Å². The van der Waals surface area contributed by atoms with Crippen LogP contribution in [0.1, 0.15) is 38.2 Å². The summed E-state index contributed by atoms with van der Waals surface area (Å²) >= 11 is 12.6. The molecule has 1 aliphatic carbocycles. The Morgan fingerprint density at radius 2 is 1.69 bits per heavy atom. The second kappa shape index (κ2) is 10.5. The number of allylic oxidation sites excluding steroid dienone is 2. The monoisotopic (exact) mass is 479 g/mol. The van der Waals surface area contributed by atoms with Gasteiger partial charge in [-0.3, -0.25) is 24.1 Å². The largest absolute Gasteiger partial charge is 0.357 e. The molecule has 1 aromatic rings. The highest BCUT2D eigenvalue weighted by molar-refractivity contribution is 6.36. The molecule has 1 N–H and O–H groups in total. The van der Waals surface area contributed by atoms with Crippen LogP contribution in [0, 0.1) is 11.8 Å². The summed E-state index contributed by atoms with van der Waals surface area (Å²) in [6.07, 6.45) is 5.23. The number of hydrogen-bond acceptors (Lipinski definition) is 4. The van der Waals surface area contributed by atoms with Crippen molar-refractivity contribution in [1.29, 1.82) is 0 Å². The number of likely N-dealkylation sites (tertiary alicyclic amines) is 1. The van der Waals surface area contributed by atoms with Crippen LogP contribution in [0.4, 0.5) is 0 Å². The first kappa shape index (κ1) is 24.3. The molecule has 0 bridgehead atoms. The minimum Gasteiger partial charge on any atom is -0.357 e. The fraction of sp³-hybridized carbons (Fsp3) is 0.478. The molecule has 4 amide bonds. The van der Waals surface area contributed by atoms with Crippen molar-refractivity contribution in [3.8, 4) is 0 Å². The summed E-state index contributed by atoms with van der Waals surface area (Å²) in [5.41, 5.74) is 0.539. The molecular formula is C23H27Cl2N3O4. The summed E-state index contributed by atoms with van der Waals surface area (Å²) < 4.78 is 0. The van der Waals surface area contributed by atoms with E-state index < -0.39 is 6.04 Å². The fourth-order valence-corrected chi connectivity index (χ4v) is 4.90. The van der Waals surface area contributed by atoms with E-state index in [1.807, 2.05) is 12.2 Å². The van der Waals surface area contributed by atoms with Gasteiger partial charge >= 0.3 is 0 Å². The normalized spacial score (nSPS) is 20.8. The van der Waals surface area contributed by atoms with E-state index in [2.05, 4.69) is 5.32 Å². The lowest BCUT2D eigenvalue weighted by atomic mass is 9.85. The van der Waals surface area contributed by atoms with Crippen LogP contribution >= 0.6 is 23.2 Å². The third-order valence-corrected chi connectivity index (χ3v) is 6.88. The van der Waals surface area contributed by atoms with Gasteiger partial charge in [0, 0.05) is 42.2 Å². The molecule has 1 saturated heterocycles. The minimum absolute atomic E-state index is 0.0135. The highest BCUT2D eigenvalue weighted by Crippen LogP contribution is 2.35. The fourth-order valence-electron chi connectivity index (χ4n) is 4.38. The van der Waals surface area contributed by atoms with E-state index in [-0.39, 0.29) is 55.0 Å². The van der Waals surface area contributed by atoms with Crippen LogP contribution in [-0.4, -0.2) is 53.1 Å².